The van der Waals surface area contributed by atoms with E-state index >= 15 is 0 Å². The number of anilines is 2. The predicted molar refractivity (Wildman–Crippen MR) is 68.8 cm³/mol. The average Bonchev–Trinajstić information content (AvgIpc) is 2.32. The van der Waals surface area contributed by atoms with Crippen molar-refractivity contribution in [2.24, 2.45) is 0 Å². The van der Waals surface area contributed by atoms with Crippen molar-refractivity contribution in [3.05, 3.63) is 24.0 Å². The van der Waals surface area contributed by atoms with Crippen LogP contribution in [0.25, 0.3) is 0 Å². The lowest BCUT2D eigenvalue weighted by Crippen LogP contribution is -2.39. The van der Waals surface area contributed by atoms with Gasteiger partial charge in [-0.05, 0) is 25.1 Å². The van der Waals surface area contributed by atoms with Gasteiger partial charge in [-0.15, -0.1) is 0 Å². The highest BCUT2D eigenvalue weighted by atomic mass is 19.1. The Morgan fingerprint density at radius 2 is 2.28 bits per heavy atom. The number of ether oxygens (including phenoxy) is 1. The molecule has 0 aromatic heterocycles. The molecule has 1 atom stereocenters. The number of nitrogens with one attached hydrogen (secondary N) is 2. The van der Waals surface area contributed by atoms with E-state index in [2.05, 4.69) is 10.6 Å². The number of rotatable bonds is 6. The zero-order valence-corrected chi connectivity index (χ0v) is 10.5. The molecule has 6 heteroatoms. The third-order valence-electron chi connectivity index (χ3n) is 2.36. The third kappa shape index (κ3) is 4.21. The van der Waals surface area contributed by atoms with Crippen LogP contribution in [0.1, 0.15) is 6.92 Å². The number of halogens is 1. The number of carbonyl (C=O) groups excluding carboxylic acids is 1. The zero-order chi connectivity index (χ0) is 13.5. The molecule has 1 rings (SSSR count). The molecule has 0 aliphatic carbocycles. The number of benzene rings is 1. The largest absolute Gasteiger partial charge is 0.399 e. The fourth-order valence-corrected chi connectivity index (χ4v) is 1.38. The van der Waals surface area contributed by atoms with Crippen molar-refractivity contribution >= 4 is 17.3 Å². The predicted octanol–water partition coefficient (Wildman–Crippen LogP) is 0.971. The first-order valence-corrected chi connectivity index (χ1v) is 5.62. The molecule has 0 saturated heterocycles. The number of carbonyl (C=O) groups is 1. The van der Waals surface area contributed by atoms with Crippen molar-refractivity contribution in [2.45, 2.75) is 13.0 Å². The van der Waals surface area contributed by atoms with E-state index in [1.165, 1.54) is 12.1 Å². The highest BCUT2D eigenvalue weighted by molar-refractivity contribution is 5.84. The maximum atomic E-state index is 13.5. The second-order valence-corrected chi connectivity index (χ2v) is 3.89. The Morgan fingerprint density at radius 1 is 1.56 bits per heavy atom. The van der Waals surface area contributed by atoms with Crippen molar-refractivity contribution in [1.29, 1.82) is 0 Å². The maximum absolute atomic E-state index is 13.5. The quantitative estimate of drug-likeness (QED) is 0.523. The van der Waals surface area contributed by atoms with Crippen molar-refractivity contribution in [3.8, 4) is 0 Å². The van der Waals surface area contributed by atoms with Gasteiger partial charge in [0.2, 0.25) is 5.91 Å². The van der Waals surface area contributed by atoms with Gasteiger partial charge >= 0.3 is 0 Å². The van der Waals surface area contributed by atoms with Gasteiger partial charge < -0.3 is 21.1 Å². The van der Waals surface area contributed by atoms with Gasteiger partial charge in [0.05, 0.1) is 12.3 Å². The van der Waals surface area contributed by atoms with Gasteiger partial charge in [-0.3, -0.25) is 4.79 Å². The molecular formula is C12H18FN3O2. The number of nitrogens with two attached hydrogens (primary N) is 1. The van der Waals surface area contributed by atoms with Crippen LogP contribution >= 0.6 is 0 Å². The normalized spacial score (nSPS) is 11.9. The summed E-state index contributed by atoms with van der Waals surface area (Å²) in [5.41, 5.74) is 6.03. The number of methoxy groups -OCH3 is 1. The summed E-state index contributed by atoms with van der Waals surface area (Å²) in [7, 11) is 1.55. The molecule has 1 amide bonds. The first-order chi connectivity index (χ1) is 8.54. The lowest BCUT2D eigenvalue weighted by molar-refractivity contribution is -0.121. The smallest absolute Gasteiger partial charge is 0.242 e. The molecule has 0 aliphatic rings. The molecule has 0 heterocycles. The molecule has 0 bridgehead atoms. The van der Waals surface area contributed by atoms with Crippen LogP contribution in [0.2, 0.25) is 0 Å². The first-order valence-electron chi connectivity index (χ1n) is 5.62. The molecule has 0 spiro atoms. The summed E-state index contributed by atoms with van der Waals surface area (Å²) >= 11 is 0. The minimum atomic E-state index is -0.542. The van der Waals surface area contributed by atoms with E-state index in [0.29, 0.717) is 18.8 Å². The SMILES string of the molecule is COCCNC(=O)C(C)Nc1ccc(N)cc1F. The van der Waals surface area contributed by atoms with Gasteiger partial charge in [-0.25, -0.2) is 4.39 Å². The van der Waals surface area contributed by atoms with Gasteiger partial charge in [0.25, 0.3) is 0 Å². The Bertz CT molecular complexity index is 412. The molecule has 1 unspecified atom stereocenters. The summed E-state index contributed by atoms with van der Waals surface area (Å²) in [6.45, 7) is 2.51. The summed E-state index contributed by atoms with van der Waals surface area (Å²) in [5.74, 6) is -0.699. The molecule has 4 N–H and O–H groups in total. The second kappa shape index (κ2) is 6.80. The topological polar surface area (TPSA) is 76.4 Å². The number of hydrogen-bond donors (Lipinski definition) is 3. The highest BCUT2D eigenvalue weighted by Gasteiger charge is 2.13. The fourth-order valence-electron chi connectivity index (χ4n) is 1.38. The first kappa shape index (κ1) is 14.2. The highest BCUT2D eigenvalue weighted by Crippen LogP contribution is 2.17. The molecule has 100 valence electrons. The lowest BCUT2D eigenvalue weighted by atomic mass is 10.2. The monoisotopic (exact) mass is 255 g/mol. The zero-order valence-electron chi connectivity index (χ0n) is 10.5. The Hall–Kier alpha value is -1.82. The number of amides is 1. The minimum Gasteiger partial charge on any atom is -0.399 e. The van der Waals surface area contributed by atoms with Gasteiger partial charge in [-0.2, -0.15) is 0 Å². The summed E-state index contributed by atoms with van der Waals surface area (Å²) in [4.78, 5) is 11.6. The Morgan fingerprint density at radius 3 is 2.89 bits per heavy atom. The van der Waals surface area contributed by atoms with Crippen LogP contribution in [0.4, 0.5) is 15.8 Å². The standard InChI is InChI=1S/C12H18FN3O2/c1-8(12(17)15-5-6-18-2)16-11-4-3-9(14)7-10(11)13/h3-4,7-8,16H,5-6,14H2,1-2H3,(H,15,17). The van der Waals surface area contributed by atoms with E-state index in [1.54, 1.807) is 20.1 Å². The van der Waals surface area contributed by atoms with Crippen molar-refractivity contribution in [1.82, 2.24) is 5.32 Å². The van der Waals surface area contributed by atoms with Crippen LogP contribution in [0.15, 0.2) is 18.2 Å². The van der Waals surface area contributed by atoms with Gasteiger partial charge in [-0.1, -0.05) is 0 Å². The maximum Gasteiger partial charge on any atom is 0.242 e. The van der Waals surface area contributed by atoms with Crippen molar-refractivity contribution in [3.63, 3.8) is 0 Å². The van der Waals surface area contributed by atoms with Crippen molar-refractivity contribution in [2.75, 3.05) is 31.3 Å². The van der Waals surface area contributed by atoms with Crippen LogP contribution in [-0.4, -0.2) is 32.2 Å². The van der Waals surface area contributed by atoms with Gasteiger partial charge in [0.15, 0.2) is 0 Å². The molecule has 0 saturated carbocycles. The Balaban J connectivity index is 2.53. The summed E-state index contributed by atoms with van der Waals surface area (Å²) < 4.78 is 18.3. The van der Waals surface area contributed by atoms with Crippen LogP contribution in [0, 0.1) is 5.82 Å². The second-order valence-electron chi connectivity index (χ2n) is 3.89. The summed E-state index contributed by atoms with van der Waals surface area (Å²) in [5, 5.41) is 5.44. The molecule has 1 aromatic carbocycles. The van der Waals surface area contributed by atoms with Crippen LogP contribution in [0.3, 0.4) is 0 Å². The fraction of sp³-hybridized carbons (Fsp3) is 0.417. The third-order valence-corrected chi connectivity index (χ3v) is 2.36. The Kier molecular flexibility index (Phi) is 5.38. The van der Waals surface area contributed by atoms with Gasteiger partial charge in [0, 0.05) is 19.3 Å². The molecule has 0 radical (unpaired) electrons. The van der Waals surface area contributed by atoms with E-state index in [-0.39, 0.29) is 11.6 Å². The molecule has 0 aliphatic heterocycles. The number of nitrogen functional groups attached to an aromatic ring is 1. The summed E-state index contributed by atoms with van der Waals surface area (Å²) in [6, 6.07) is 3.74. The molecule has 1 aromatic rings. The summed E-state index contributed by atoms with van der Waals surface area (Å²) in [6.07, 6.45) is 0. The molecule has 0 fully saturated rings. The average molecular weight is 255 g/mol. The van der Waals surface area contributed by atoms with Gasteiger partial charge in [0.1, 0.15) is 11.9 Å². The van der Waals surface area contributed by atoms with Crippen molar-refractivity contribution < 1.29 is 13.9 Å². The van der Waals surface area contributed by atoms with E-state index in [1.807, 2.05) is 0 Å². The lowest BCUT2D eigenvalue weighted by Gasteiger charge is -2.15. The Labute approximate surface area is 106 Å². The van der Waals surface area contributed by atoms with E-state index in [9.17, 15) is 9.18 Å². The number of hydrogen-bond acceptors (Lipinski definition) is 4. The minimum absolute atomic E-state index is 0.219. The van der Waals surface area contributed by atoms with E-state index < -0.39 is 11.9 Å². The van der Waals surface area contributed by atoms with Crippen LogP contribution in [0.5, 0.6) is 0 Å². The van der Waals surface area contributed by atoms with Crippen LogP contribution < -0.4 is 16.4 Å². The van der Waals surface area contributed by atoms with Crippen LogP contribution in [-0.2, 0) is 9.53 Å². The van der Waals surface area contributed by atoms with E-state index in [0.717, 1.165) is 0 Å². The van der Waals surface area contributed by atoms with E-state index in [4.69, 9.17) is 10.5 Å². The molecule has 18 heavy (non-hydrogen) atoms. The molecule has 5 nitrogen and oxygen atoms in total. The molecular weight excluding hydrogens is 237 g/mol.